The number of rotatable bonds is 0. The maximum atomic E-state index is 11.7. The fourth-order valence-electron chi connectivity index (χ4n) is 0.850. The standard InChI is InChI=1S/C12H6ClF3/c13-11-8-4-3-7-10(11)6-2-1-5-9-12(14,15)16/h3-4,7-8H,9H2. The Labute approximate surface area is 96.4 Å². The van der Waals surface area contributed by atoms with Gasteiger partial charge in [0.1, 0.15) is 6.42 Å². The van der Waals surface area contributed by atoms with E-state index in [-0.39, 0.29) is 0 Å². The first-order chi connectivity index (χ1) is 7.49. The first-order valence-corrected chi connectivity index (χ1v) is 4.67. The molecule has 0 spiro atoms. The van der Waals surface area contributed by atoms with E-state index in [9.17, 15) is 13.2 Å². The third-order valence-electron chi connectivity index (χ3n) is 1.51. The van der Waals surface area contributed by atoms with Gasteiger partial charge in [-0.15, -0.1) is 0 Å². The molecule has 0 aliphatic rings. The molecule has 0 atom stereocenters. The summed E-state index contributed by atoms with van der Waals surface area (Å²) in [4.78, 5) is 0. The molecule has 0 aliphatic heterocycles. The first-order valence-electron chi connectivity index (χ1n) is 4.29. The van der Waals surface area contributed by atoms with Gasteiger partial charge in [0, 0.05) is 5.56 Å². The molecule has 0 unspecified atom stereocenters. The van der Waals surface area contributed by atoms with Crippen molar-refractivity contribution in [2.45, 2.75) is 12.6 Å². The molecule has 82 valence electrons. The van der Waals surface area contributed by atoms with Gasteiger partial charge in [-0.05, 0) is 24.0 Å². The van der Waals surface area contributed by atoms with Gasteiger partial charge >= 0.3 is 6.18 Å². The van der Waals surface area contributed by atoms with Crippen LogP contribution in [-0.2, 0) is 0 Å². The summed E-state index contributed by atoms with van der Waals surface area (Å²) in [5, 5.41) is 0.452. The van der Waals surface area contributed by atoms with Crippen LogP contribution in [0.1, 0.15) is 12.0 Å². The number of alkyl halides is 3. The van der Waals surface area contributed by atoms with Crippen molar-refractivity contribution >= 4 is 11.6 Å². The van der Waals surface area contributed by atoms with Gasteiger partial charge in [0.2, 0.25) is 0 Å². The molecule has 4 heteroatoms. The molecule has 0 saturated heterocycles. The van der Waals surface area contributed by atoms with E-state index in [0.29, 0.717) is 10.6 Å². The molecule has 1 rings (SSSR count). The second-order valence-corrected chi connectivity index (χ2v) is 3.23. The molecule has 1 aromatic rings. The second-order valence-electron chi connectivity index (χ2n) is 2.82. The summed E-state index contributed by atoms with van der Waals surface area (Å²) in [6, 6.07) is 6.79. The van der Waals surface area contributed by atoms with E-state index in [1.807, 2.05) is 5.92 Å². The third kappa shape index (κ3) is 4.77. The third-order valence-corrected chi connectivity index (χ3v) is 1.84. The molecular weight excluding hydrogens is 237 g/mol. The van der Waals surface area contributed by atoms with Crippen LogP contribution in [0, 0.1) is 23.7 Å². The van der Waals surface area contributed by atoms with E-state index < -0.39 is 12.6 Å². The fourth-order valence-corrected chi connectivity index (χ4v) is 1.03. The van der Waals surface area contributed by atoms with Gasteiger partial charge in [0.05, 0.1) is 5.02 Å². The lowest BCUT2D eigenvalue weighted by Crippen LogP contribution is -2.04. The minimum atomic E-state index is -4.26. The molecule has 0 fully saturated rings. The number of hydrogen-bond acceptors (Lipinski definition) is 0. The largest absolute Gasteiger partial charge is 0.399 e. The van der Waals surface area contributed by atoms with Crippen molar-refractivity contribution in [3.8, 4) is 23.7 Å². The van der Waals surface area contributed by atoms with Crippen LogP contribution >= 0.6 is 11.6 Å². The van der Waals surface area contributed by atoms with Gasteiger partial charge in [0.25, 0.3) is 0 Å². The summed E-state index contributed by atoms with van der Waals surface area (Å²) in [5.74, 6) is 8.95. The zero-order valence-electron chi connectivity index (χ0n) is 8.03. The number of halogens is 4. The van der Waals surface area contributed by atoms with Gasteiger partial charge in [-0.25, -0.2) is 0 Å². The molecule has 0 saturated carbocycles. The Morgan fingerprint density at radius 2 is 1.81 bits per heavy atom. The van der Waals surface area contributed by atoms with Crippen molar-refractivity contribution in [3.63, 3.8) is 0 Å². The van der Waals surface area contributed by atoms with Crippen LogP contribution in [0.2, 0.25) is 5.02 Å². The molecule has 0 bridgehead atoms. The van der Waals surface area contributed by atoms with Gasteiger partial charge < -0.3 is 0 Å². The van der Waals surface area contributed by atoms with Crippen LogP contribution < -0.4 is 0 Å². The minimum absolute atomic E-state index is 0.452. The van der Waals surface area contributed by atoms with E-state index in [1.54, 1.807) is 24.3 Å². The van der Waals surface area contributed by atoms with Crippen LogP contribution in [0.4, 0.5) is 13.2 Å². The molecule has 0 amide bonds. The molecule has 0 heterocycles. The van der Waals surface area contributed by atoms with Crippen LogP contribution in [0.5, 0.6) is 0 Å². The second kappa shape index (κ2) is 5.49. The lowest BCUT2D eigenvalue weighted by atomic mass is 10.2. The highest BCUT2D eigenvalue weighted by Crippen LogP contribution is 2.17. The lowest BCUT2D eigenvalue weighted by Gasteiger charge is -1.96. The van der Waals surface area contributed by atoms with Gasteiger partial charge in [-0.2, -0.15) is 13.2 Å². The number of benzene rings is 1. The van der Waals surface area contributed by atoms with Crippen LogP contribution in [-0.4, -0.2) is 6.18 Å². The Morgan fingerprint density at radius 3 is 2.44 bits per heavy atom. The summed E-state index contributed by atoms with van der Waals surface area (Å²) in [7, 11) is 0. The summed E-state index contributed by atoms with van der Waals surface area (Å²) < 4.78 is 35.1. The van der Waals surface area contributed by atoms with E-state index in [0.717, 1.165) is 0 Å². The Hall–Kier alpha value is -1.58. The van der Waals surface area contributed by atoms with Crippen molar-refractivity contribution in [1.29, 1.82) is 0 Å². The predicted octanol–water partition coefficient (Wildman–Crippen LogP) is 3.65. The molecule has 0 aliphatic carbocycles. The van der Waals surface area contributed by atoms with Gasteiger partial charge in [-0.3, -0.25) is 0 Å². The average Bonchev–Trinajstić information content (AvgIpc) is 2.18. The zero-order chi connectivity index (χ0) is 12.0. The van der Waals surface area contributed by atoms with Crippen LogP contribution in [0.25, 0.3) is 0 Å². The van der Waals surface area contributed by atoms with E-state index >= 15 is 0 Å². The molecular formula is C12H6ClF3. The summed E-state index contributed by atoms with van der Waals surface area (Å²) >= 11 is 5.78. The van der Waals surface area contributed by atoms with E-state index in [4.69, 9.17) is 11.6 Å². The fraction of sp³-hybridized carbons (Fsp3) is 0.167. The zero-order valence-corrected chi connectivity index (χ0v) is 8.78. The maximum Gasteiger partial charge on any atom is 0.399 e. The topological polar surface area (TPSA) is 0 Å². The van der Waals surface area contributed by atoms with E-state index in [2.05, 4.69) is 17.8 Å². The highest BCUT2D eigenvalue weighted by molar-refractivity contribution is 6.31. The smallest absolute Gasteiger partial charge is 0.170 e. The molecule has 16 heavy (non-hydrogen) atoms. The molecule has 0 radical (unpaired) electrons. The highest BCUT2D eigenvalue weighted by Gasteiger charge is 2.25. The van der Waals surface area contributed by atoms with Gasteiger partial charge in [-0.1, -0.05) is 35.6 Å². The summed E-state index contributed by atoms with van der Waals surface area (Å²) in [5.41, 5.74) is 0.547. The quantitative estimate of drug-likeness (QED) is 0.609. The first kappa shape index (κ1) is 12.5. The summed E-state index contributed by atoms with van der Waals surface area (Å²) in [6.07, 6.45) is -5.41. The average molecular weight is 243 g/mol. The Kier molecular flexibility index (Phi) is 4.28. The Bertz CT molecular complexity index is 481. The van der Waals surface area contributed by atoms with Gasteiger partial charge in [0.15, 0.2) is 0 Å². The highest BCUT2D eigenvalue weighted by atomic mass is 35.5. The normalized spacial score (nSPS) is 9.75. The van der Waals surface area contributed by atoms with Crippen molar-refractivity contribution in [2.75, 3.05) is 0 Å². The predicted molar refractivity (Wildman–Crippen MR) is 56.8 cm³/mol. The Morgan fingerprint density at radius 1 is 1.12 bits per heavy atom. The molecule has 1 aromatic carbocycles. The lowest BCUT2D eigenvalue weighted by molar-refractivity contribution is -0.123. The van der Waals surface area contributed by atoms with Crippen molar-refractivity contribution in [1.82, 2.24) is 0 Å². The number of hydrogen-bond donors (Lipinski definition) is 0. The summed E-state index contributed by atoms with van der Waals surface area (Å²) in [6.45, 7) is 0. The maximum absolute atomic E-state index is 11.7. The van der Waals surface area contributed by atoms with E-state index in [1.165, 1.54) is 0 Å². The van der Waals surface area contributed by atoms with Crippen molar-refractivity contribution < 1.29 is 13.2 Å². The minimum Gasteiger partial charge on any atom is -0.170 e. The van der Waals surface area contributed by atoms with Crippen molar-refractivity contribution in [3.05, 3.63) is 34.9 Å². The molecule has 0 N–H and O–H groups in total. The molecule has 0 aromatic heterocycles. The van der Waals surface area contributed by atoms with Crippen LogP contribution in [0.15, 0.2) is 24.3 Å². The molecule has 0 nitrogen and oxygen atoms in total. The monoisotopic (exact) mass is 242 g/mol. The van der Waals surface area contributed by atoms with Crippen LogP contribution in [0.3, 0.4) is 0 Å². The Balaban J connectivity index is 2.66. The SMILES string of the molecule is FC(F)(F)CC#CC#Cc1ccccc1Cl. The van der Waals surface area contributed by atoms with Crippen molar-refractivity contribution in [2.24, 2.45) is 0 Å².